The third-order valence-corrected chi connectivity index (χ3v) is 3.36. The molecule has 84 valence electrons. The number of nitrogens with two attached hydrogens (primary N) is 1. The first-order valence-corrected chi connectivity index (χ1v) is 5.86. The average Bonchev–Trinajstić information content (AvgIpc) is 2.67. The predicted molar refractivity (Wildman–Crippen MR) is 60.2 cm³/mol. The van der Waals surface area contributed by atoms with Crippen molar-refractivity contribution in [2.24, 2.45) is 17.6 Å². The number of hydrogen-bond donors (Lipinski definition) is 1. The molecule has 1 saturated heterocycles. The topological polar surface area (TPSA) is 46.3 Å². The van der Waals surface area contributed by atoms with Crippen molar-refractivity contribution in [2.45, 2.75) is 32.2 Å². The Kier molecular flexibility index (Phi) is 3.10. The fraction of sp³-hybridized carbons (Fsp3) is 0.750. The minimum Gasteiger partial charge on any atom is -0.341 e. The molecule has 0 bridgehead atoms. The normalized spacial score (nSPS) is 32.3. The molecule has 2 rings (SSSR count). The zero-order valence-corrected chi connectivity index (χ0v) is 9.36. The van der Waals surface area contributed by atoms with Gasteiger partial charge in [-0.3, -0.25) is 4.79 Å². The summed E-state index contributed by atoms with van der Waals surface area (Å²) in [5, 5.41) is 0. The first-order chi connectivity index (χ1) is 7.16. The second-order valence-corrected chi connectivity index (χ2v) is 4.98. The Hall–Kier alpha value is -0.830. The Bertz CT molecular complexity index is 257. The van der Waals surface area contributed by atoms with Crippen LogP contribution in [-0.4, -0.2) is 29.9 Å². The maximum absolute atomic E-state index is 12.1. The highest BCUT2D eigenvalue weighted by molar-refractivity contribution is 5.79. The van der Waals surface area contributed by atoms with Gasteiger partial charge < -0.3 is 10.6 Å². The summed E-state index contributed by atoms with van der Waals surface area (Å²) in [5.74, 6) is 1.05. The lowest BCUT2D eigenvalue weighted by Crippen LogP contribution is -2.50. The summed E-state index contributed by atoms with van der Waals surface area (Å²) in [4.78, 5) is 14.1. The number of carbonyl (C=O) groups excluding carboxylic acids is 1. The van der Waals surface area contributed by atoms with Gasteiger partial charge in [-0.05, 0) is 25.2 Å². The molecule has 15 heavy (non-hydrogen) atoms. The molecule has 2 atom stereocenters. The fourth-order valence-electron chi connectivity index (χ4n) is 2.66. The first kappa shape index (κ1) is 10.7. The Balaban J connectivity index is 1.94. The van der Waals surface area contributed by atoms with E-state index in [-0.39, 0.29) is 12.0 Å². The number of allylic oxidation sites excluding steroid dienone is 2. The molecule has 1 fully saturated rings. The molecule has 1 amide bonds. The van der Waals surface area contributed by atoms with Gasteiger partial charge in [-0.1, -0.05) is 19.1 Å². The molecule has 3 nitrogen and oxygen atoms in total. The highest BCUT2D eigenvalue weighted by atomic mass is 16.2. The number of carbonyl (C=O) groups is 1. The molecule has 3 heteroatoms. The van der Waals surface area contributed by atoms with E-state index in [2.05, 4.69) is 19.1 Å². The van der Waals surface area contributed by atoms with Crippen LogP contribution >= 0.6 is 0 Å². The lowest BCUT2D eigenvalue weighted by atomic mass is 9.94. The highest BCUT2D eigenvalue weighted by Crippen LogP contribution is 2.23. The van der Waals surface area contributed by atoms with Crippen LogP contribution in [0.25, 0.3) is 0 Å². The zero-order valence-electron chi connectivity index (χ0n) is 9.36. The fourth-order valence-corrected chi connectivity index (χ4v) is 2.66. The van der Waals surface area contributed by atoms with Crippen LogP contribution in [0.1, 0.15) is 26.2 Å². The van der Waals surface area contributed by atoms with Gasteiger partial charge in [0.2, 0.25) is 5.91 Å². The standard InChI is InChI=1S/C12H20N2O/c1-9-6-11(13)8-14(7-9)12(15)10-4-2-3-5-10/h2-3,9-11H,4-8,13H2,1H3. The van der Waals surface area contributed by atoms with Crippen LogP contribution in [0.2, 0.25) is 0 Å². The van der Waals surface area contributed by atoms with Gasteiger partial charge in [0, 0.05) is 25.0 Å². The summed E-state index contributed by atoms with van der Waals surface area (Å²) in [7, 11) is 0. The van der Waals surface area contributed by atoms with Crippen molar-refractivity contribution in [1.29, 1.82) is 0 Å². The smallest absolute Gasteiger partial charge is 0.226 e. The monoisotopic (exact) mass is 208 g/mol. The molecule has 1 aliphatic heterocycles. The Morgan fingerprint density at radius 3 is 2.60 bits per heavy atom. The van der Waals surface area contributed by atoms with E-state index >= 15 is 0 Å². The zero-order chi connectivity index (χ0) is 10.8. The summed E-state index contributed by atoms with van der Waals surface area (Å²) in [6, 6.07) is 0.173. The van der Waals surface area contributed by atoms with E-state index in [1.165, 1.54) is 0 Å². The second kappa shape index (κ2) is 4.35. The second-order valence-electron chi connectivity index (χ2n) is 4.98. The van der Waals surface area contributed by atoms with E-state index in [0.29, 0.717) is 11.8 Å². The van der Waals surface area contributed by atoms with Gasteiger partial charge in [0.25, 0.3) is 0 Å². The number of hydrogen-bond acceptors (Lipinski definition) is 2. The summed E-state index contributed by atoms with van der Waals surface area (Å²) in [5.41, 5.74) is 5.94. The Labute approximate surface area is 91.3 Å². The number of likely N-dealkylation sites (tertiary alicyclic amines) is 1. The van der Waals surface area contributed by atoms with Crippen molar-refractivity contribution in [3.8, 4) is 0 Å². The van der Waals surface area contributed by atoms with Crippen LogP contribution < -0.4 is 5.73 Å². The minimum atomic E-state index is 0.173. The average molecular weight is 208 g/mol. The molecule has 0 spiro atoms. The van der Waals surface area contributed by atoms with Gasteiger partial charge in [0.1, 0.15) is 0 Å². The molecule has 2 N–H and O–H groups in total. The third-order valence-electron chi connectivity index (χ3n) is 3.36. The van der Waals surface area contributed by atoms with Gasteiger partial charge in [0.05, 0.1) is 0 Å². The largest absolute Gasteiger partial charge is 0.341 e. The van der Waals surface area contributed by atoms with Crippen LogP contribution in [0.3, 0.4) is 0 Å². The Morgan fingerprint density at radius 2 is 2.00 bits per heavy atom. The van der Waals surface area contributed by atoms with E-state index < -0.39 is 0 Å². The van der Waals surface area contributed by atoms with Crippen LogP contribution in [0, 0.1) is 11.8 Å². The lowest BCUT2D eigenvalue weighted by molar-refractivity contribution is -0.137. The highest BCUT2D eigenvalue weighted by Gasteiger charge is 2.30. The van der Waals surface area contributed by atoms with Gasteiger partial charge >= 0.3 is 0 Å². The van der Waals surface area contributed by atoms with E-state index in [1.807, 2.05) is 4.90 Å². The molecule has 2 aliphatic rings. The maximum Gasteiger partial charge on any atom is 0.226 e. The number of amides is 1. The van der Waals surface area contributed by atoms with Crippen molar-refractivity contribution in [2.75, 3.05) is 13.1 Å². The van der Waals surface area contributed by atoms with E-state index in [0.717, 1.165) is 32.4 Å². The molecule has 0 aromatic carbocycles. The molecule has 0 radical (unpaired) electrons. The van der Waals surface area contributed by atoms with Crippen LogP contribution in [0.5, 0.6) is 0 Å². The van der Waals surface area contributed by atoms with E-state index in [9.17, 15) is 4.79 Å². The van der Waals surface area contributed by atoms with Crippen molar-refractivity contribution in [3.63, 3.8) is 0 Å². The summed E-state index contributed by atoms with van der Waals surface area (Å²) in [6.45, 7) is 3.81. The molecule has 1 aliphatic carbocycles. The molecule has 1 heterocycles. The van der Waals surface area contributed by atoms with Gasteiger partial charge in [-0.15, -0.1) is 0 Å². The summed E-state index contributed by atoms with van der Waals surface area (Å²) < 4.78 is 0. The lowest BCUT2D eigenvalue weighted by Gasteiger charge is -2.36. The van der Waals surface area contributed by atoms with E-state index in [4.69, 9.17) is 5.73 Å². The SMILES string of the molecule is CC1CC(N)CN(C(=O)C2CC=CC2)C1. The molecule has 2 unspecified atom stereocenters. The molecular weight excluding hydrogens is 188 g/mol. The Morgan fingerprint density at radius 1 is 1.33 bits per heavy atom. The number of rotatable bonds is 1. The van der Waals surface area contributed by atoms with E-state index in [1.54, 1.807) is 0 Å². The molecule has 0 aromatic rings. The van der Waals surface area contributed by atoms with Crippen LogP contribution in [0.4, 0.5) is 0 Å². The van der Waals surface area contributed by atoms with Gasteiger partial charge in [-0.2, -0.15) is 0 Å². The van der Waals surface area contributed by atoms with Crippen LogP contribution in [0.15, 0.2) is 12.2 Å². The number of nitrogens with zero attached hydrogens (tertiary/aromatic N) is 1. The molecular formula is C12H20N2O. The first-order valence-electron chi connectivity index (χ1n) is 5.86. The minimum absolute atomic E-state index is 0.173. The summed E-state index contributed by atoms with van der Waals surface area (Å²) >= 11 is 0. The van der Waals surface area contributed by atoms with Crippen molar-refractivity contribution in [1.82, 2.24) is 4.90 Å². The van der Waals surface area contributed by atoms with Crippen LogP contribution in [-0.2, 0) is 4.79 Å². The van der Waals surface area contributed by atoms with Gasteiger partial charge in [0.15, 0.2) is 0 Å². The quantitative estimate of drug-likeness (QED) is 0.657. The van der Waals surface area contributed by atoms with Gasteiger partial charge in [-0.25, -0.2) is 0 Å². The maximum atomic E-state index is 12.1. The summed E-state index contributed by atoms with van der Waals surface area (Å²) in [6.07, 6.45) is 7.09. The van der Waals surface area contributed by atoms with Crippen molar-refractivity contribution < 1.29 is 4.79 Å². The predicted octanol–water partition coefficient (Wildman–Crippen LogP) is 1.15. The van der Waals surface area contributed by atoms with Crippen molar-refractivity contribution in [3.05, 3.63) is 12.2 Å². The van der Waals surface area contributed by atoms with Crippen molar-refractivity contribution >= 4 is 5.91 Å². The number of piperidine rings is 1. The molecule has 0 aromatic heterocycles. The molecule has 0 saturated carbocycles. The third kappa shape index (κ3) is 2.40.